The molecule has 1 N–H and O–H groups in total. The highest BCUT2D eigenvalue weighted by Gasteiger charge is 2.27. The van der Waals surface area contributed by atoms with Crippen LogP contribution >= 0.6 is 11.3 Å². The molecule has 1 unspecified atom stereocenters. The second-order valence-electron chi connectivity index (χ2n) is 5.48. The lowest BCUT2D eigenvalue weighted by Crippen LogP contribution is -2.24. The van der Waals surface area contributed by atoms with Crippen LogP contribution in [-0.2, 0) is 0 Å². The van der Waals surface area contributed by atoms with Crippen LogP contribution in [-0.4, -0.2) is 17.1 Å². The third-order valence-electron chi connectivity index (χ3n) is 3.26. The molecule has 106 valence electrons. The Balaban J connectivity index is 1.79. The van der Waals surface area contributed by atoms with Crippen molar-refractivity contribution in [3.05, 3.63) is 46.4 Å². The van der Waals surface area contributed by atoms with E-state index in [4.69, 9.17) is 4.74 Å². The van der Waals surface area contributed by atoms with Crippen molar-refractivity contribution in [3.63, 3.8) is 0 Å². The van der Waals surface area contributed by atoms with Crippen LogP contribution in [0.2, 0.25) is 0 Å². The average Bonchev–Trinajstić information content (AvgIpc) is 3.09. The maximum Gasteiger partial charge on any atom is 0.119 e. The van der Waals surface area contributed by atoms with Crippen LogP contribution in [0, 0.1) is 0 Å². The quantitative estimate of drug-likeness (QED) is 0.878. The Morgan fingerprint density at radius 3 is 2.55 bits per heavy atom. The topological polar surface area (TPSA) is 34.1 Å². The molecule has 0 amide bonds. The molecule has 0 radical (unpaired) electrons. The van der Waals surface area contributed by atoms with Crippen molar-refractivity contribution in [1.29, 1.82) is 0 Å². The molecule has 1 aliphatic carbocycles. The smallest absolute Gasteiger partial charge is 0.119 e. The first-order valence-corrected chi connectivity index (χ1v) is 8.02. The average molecular weight is 288 g/mol. The van der Waals surface area contributed by atoms with E-state index in [1.54, 1.807) is 11.3 Å². The number of rotatable bonds is 6. The highest BCUT2D eigenvalue weighted by Crippen LogP contribution is 2.30. The van der Waals surface area contributed by atoms with Gasteiger partial charge in [-0.1, -0.05) is 12.1 Å². The van der Waals surface area contributed by atoms with Gasteiger partial charge in [0, 0.05) is 17.6 Å². The zero-order valence-corrected chi connectivity index (χ0v) is 12.7. The van der Waals surface area contributed by atoms with Gasteiger partial charge in [-0.15, -0.1) is 11.3 Å². The first kappa shape index (κ1) is 13.6. The van der Waals surface area contributed by atoms with E-state index in [1.165, 1.54) is 18.4 Å². The highest BCUT2D eigenvalue weighted by atomic mass is 32.1. The van der Waals surface area contributed by atoms with Crippen molar-refractivity contribution >= 4 is 11.3 Å². The van der Waals surface area contributed by atoms with Crippen molar-refractivity contribution in [3.8, 4) is 5.75 Å². The van der Waals surface area contributed by atoms with E-state index in [1.807, 2.05) is 37.6 Å². The van der Waals surface area contributed by atoms with Gasteiger partial charge in [0.05, 0.1) is 12.1 Å². The lowest BCUT2D eigenvalue weighted by Gasteiger charge is -2.17. The molecule has 2 aromatic rings. The Morgan fingerprint density at radius 1 is 1.25 bits per heavy atom. The number of benzene rings is 1. The molecular formula is C16H20N2OS. The SMILES string of the molecule is CC(C)Oc1ccc(C(NC2CC2)c2nccs2)cc1. The summed E-state index contributed by atoms with van der Waals surface area (Å²) < 4.78 is 5.70. The molecule has 4 heteroatoms. The monoisotopic (exact) mass is 288 g/mol. The minimum atomic E-state index is 0.204. The number of aromatic nitrogens is 1. The minimum Gasteiger partial charge on any atom is -0.491 e. The van der Waals surface area contributed by atoms with E-state index in [0.717, 1.165) is 10.8 Å². The van der Waals surface area contributed by atoms with E-state index in [2.05, 4.69) is 22.4 Å². The lowest BCUT2D eigenvalue weighted by molar-refractivity contribution is 0.242. The molecular weight excluding hydrogens is 268 g/mol. The maximum absolute atomic E-state index is 5.70. The second kappa shape index (κ2) is 5.94. The number of nitrogens with zero attached hydrogens (tertiary/aromatic N) is 1. The summed E-state index contributed by atoms with van der Waals surface area (Å²) in [6, 6.07) is 9.22. The molecule has 1 fully saturated rings. The number of hydrogen-bond acceptors (Lipinski definition) is 4. The molecule has 1 atom stereocenters. The Kier molecular flexibility index (Phi) is 4.03. The van der Waals surface area contributed by atoms with Gasteiger partial charge in [-0.2, -0.15) is 0 Å². The predicted octanol–water partition coefficient (Wildman–Crippen LogP) is 3.77. The second-order valence-corrected chi connectivity index (χ2v) is 6.41. The molecule has 1 saturated carbocycles. The predicted molar refractivity (Wildman–Crippen MR) is 82.3 cm³/mol. The van der Waals surface area contributed by atoms with Gasteiger partial charge in [0.1, 0.15) is 10.8 Å². The molecule has 1 aromatic carbocycles. The zero-order chi connectivity index (χ0) is 13.9. The third-order valence-corrected chi connectivity index (χ3v) is 4.10. The Hall–Kier alpha value is -1.39. The fourth-order valence-corrected chi connectivity index (χ4v) is 2.91. The van der Waals surface area contributed by atoms with Crippen LogP contribution in [0.1, 0.15) is 43.3 Å². The summed E-state index contributed by atoms with van der Waals surface area (Å²) in [5.74, 6) is 0.924. The van der Waals surface area contributed by atoms with Crippen molar-refractivity contribution in [2.24, 2.45) is 0 Å². The summed E-state index contributed by atoms with van der Waals surface area (Å²) in [5.41, 5.74) is 1.25. The fraction of sp³-hybridized carbons (Fsp3) is 0.438. The lowest BCUT2D eigenvalue weighted by atomic mass is 10.1. The van der Waals surface area contributed by atoms with Crippen molar-refractivity contribution in [2.45, 2.75) is 44.9 Å². The molecule has 0 aliphatic heterocycles. The summed E-state index contributed by atoms with van der Waals surface area (Å²) in [7, 11) is 0. The van der Waals surface area contributed by atoms with Gasteiger partial charge in [-0.05, 0) is 44.4 Å². The van der Waals surface area contributed by atoms with E-state index in [-0.39, 0.29) is 12.1 Å². The Morgan fingerprint density at radius 2 is 2.00 bits per heavy atom. The van der Waals surface area contributed by atoms with E-state index in [9.17, 15) is 0 Å². The Labute approximate surface area is 124 Å². The van der Waals surface area contributed by atoms with Crippen LogP contribution in [0.3, 0.4) is 0 Å². The van der Waals surface area contributed by atoms with Crippen LogP contribution in [0.5, 0.6) is 5.75 Å². The van der Waals surface area contributed by atoms with Gasteiger partial charge in [-0.25, -0.2) is 4.98 Å². The molecule has 3 rings (SSSR count). The fourth-order valence-electron chi connectivity index (χ4n) is 2.18. The van der Waals surface area contributed by atoms with E-state index >= 15 is 0 Å². The van der Waals surface area contributed by atoms with Crippen LogP contribution in [0.25, 0.3) is 0 Å². The molecule has 0 saturated heterocycles. The number of ether oxygens (including phenoxy) is 1. The summed E-state index contributed by atoms with van der Waals surface area (Å²) in [6.07, 6.45) is 4.63. The molecule has 20 heavy (non-hydrogen) atoms. The minimum absolute atomic E-state index is 0.204. The largest absolute Gasteiger partial charge is 0.491 e. The van der Waals surface area contributed by atoms with Gasteiger partial charge in [0.25, 0.3) is 0 Å². The highest BCUT2D eigenvalue weighted by molar-refractivity contribution is 7.09. The molecule has 1 aliphatic rings. The van der Waals surface area contributed by atoms with Gasteiger partial charge >= 0.3 is 0 Å². The van der Waals surface area contributed by atoms with Gasteiger partial charge in [-0.3, -0.25) is 0 Å². The van der Waals surface area contributed by atoms with Gasteiger partial charge in [0.2, 0.25) is 0 Å². The molecule has 0 spiro atoms. The van der Waals surface area contributed by atoms with Gasteiger partial charge < -0.3 is 10.1 Å². The Bertz CT molecular complexity index is 532. The first-order valence-electron chi connectivity index (χ1n) is 7.14. The number of nitrogens with one attached hydrogen (secondary N) is 1. The summed E-state index contributed by atoms with van der Waals surface area (Å²) in [4.78, 5) is 4.47. The van der Waals surface area contributed by atoms with Gasteiger partial charge in [0.15, 0.2) is 0 Å². The van der Waals surface area contributed by atoms with Crippen LogP contribution in [0.4, 0.5) is 0 Å². The normalized spacial score (nSPS) is 16.4. The molecule has 3 nitrogen and oxygen atoms in total. The number of thiazole rings is 1. The van der Waals surface area contributed by atoms with Crippen molar-refractivity contribution in [1.82, 2.24) is 10.3 Å². The summed E-state index contributed by atoms with van der Waals surface area (Å²) >= 11 is 1.71. The third kappa shape index (κ3) is 3.38. The molecule has 1 aromatic heterocycles. The standard InChI is InChI=1S/C16H20N2OS/c1-11(2)19-14-7-3-12(4-8-14)15(18-13-5-6-13)16-17-9-10-20-16/h3-4,7-11,13,15,18H,5-6H2,1-2H3. The summed E-state index contributed by atoms with van der Waals surface area (Å²) in [5, 5.41) is 6.85. The summed E-state index contributed by atoms with van der Waals surface area (Å²) in [6.45, 7) is 4.09. The van der Waals surface area contributed by atoms with E-state index in [0.29, 0.717) is 6.04 Å². The zero-order valence-electron chi connectivity index (χ0n) is 11.9. The first-order chi connectivity index (χ1) is 9.72. The molecule has 0 bridgehead atoms. The van der Waals surface area contributed by atoms with Crippen molar-refractivity contribution < 1.29 is 4.74 Å². The maximum atomic E-state index is 5.70. The van der Waals surface area contributed by atoms with Crippen LogP contribution < -0.4 is 10.1 Å². The van der Waals surface area contributed by atoms with Crippen molar-refractivity contribution in [2.75, 3.05) is 0 Å². The van der Waals surface area contributed by atoms with Crippen LogP contribution in [0.15, 0.2) is 35.8 Å². The van der Waals surface area contributed by atoms with E-state index < -0.39 is 0 Å². The number of hydrogen-bond donors (Lipinski definition) is 1. The molecule has 1 heterocycles.